The summed E-state index contributed by atoms with van der Waals surface area (Å²) in [7, 11) is -1.17. The van der Waals surface area contributed by atoms with Crippen LogP contribution in [0.4, 0.5) is 13.2 Å². The molecule has 0 bridgehead atoms. The van der Waals surface area contributed by atoms with Gasteiger partial charge in [-0.05, 0) is 17.7 Å². The Morgan fingerprint density at radius 2 is 1.96 bits per heavy atom. The highest BCUT2D eigenvalue weighted by Gasteiger charge is 2.54. The molecule has 0 saturated carbocycles. The third-order valence-electron chi connectivity index (χ3n) is 4.09. The summed E-state index contributed by atoms with van der Waals surface area (Å²) in [5.74, 6) is 1.46. The molecule has 0 fully saturated rings. The average molecular weight is 396 g/mol. The van der Waals surface area contributed by atoms with Gasteiger partial charge in [-0.15, -0.1) is 6.42 Å². The van der Waals surface area contributed by atoms with Crippen LogP contribution in [0.2, 0.25) is 25.7 Å². The molecule has 1 aromatic heterocycles. The first-order valence-electron chi connectivity index (χ1n) is 8.44. The van der Waals surface area contributed by atoms with Gasteiger partial charge in [-0.3, -0.25) is 0 Å². The van der Waals surface area contributed by atoms with Crippen molar-refractivity contribution in [3.05, 3.63) is 42.2 Å². The molecule has 0 aliphatic rings. The Morgan fingerprint density at radius 1 is 1.26 bits per heavy atom. The molecule has 1 N–H and O–H groups in total. The van der Waals surface area contributed by atoms with Crippen LogP contribution in [0.5, 0.6) is 0 Å². The summed E-state index contributed by atoms with van der Waals surface area (Å²) in [6.45, 7) is 7.68. The van der Waals surface area contributed by atoms with Crippen LogP contribution in [0, 0.1) is 12.3 Å². The lowest BCUT2D eigenvalue weighted by molar-refractivity contribution is -0.240. The molecular weight excluding hydrogens is 373 g/mol. The number of benzene rings is 1. The molecule has 0 radical (unpaired) electrons. The van der Waals surface area contributed by atoms with Gasteiger partial charge in [0.05, 0.1) is 6.20 Å². The van der Waals surface area contributed by atoms with Gasteiger partial charge in [-0.25, -0.2) is 4.68 Å². The van der Waals surface area contributed by atoms with E-state index >= 15 is 0 Å². The van der Waals surface area contributed by atoms with Gasteiger partial charge in [0.15, 0.2) is 0 Å². The second kappa shape index (κ2) is 7.88. The highest BCUT2D eigenvalue weighted by atomic mass is 28.3. The fourth-order valence-corrected chi connectivity index (χ4v) is 3.13. The number of aromatic nitrogens is 2. The molecule has 8 heteroatoms. The third kappa shape index (κ3) is 5.22. The summed E-state index contributed by atoms with van der Waals surface area (Å²) in [5, 5.41) is 14.1. The molecule has 0 saturated heterocycles. The zero-order chi connectivity index (χ0) is 20.3. The van der Waals surface area contributed by atoms with E-state index in [9.17, 15) is 18.3 Å². The van der Waals surface area contributed by atoms with Gasteiger partial charge in [0.25, 0.3) is 0 Å². The van der Waals surface area contributed by atoms with Crippen LogP contribution in [0.3, 0.4) is 0 Å². The van der Waals surface area contributed by atoms with E-state index in [1.165, 1.54) is 24.3 Å². The lowest BCUT2D eigenvalue weighted by atomic mass is 9.91. The smallest absolute Gasteiger partial charge is 0.366 e. The highest BCUT2D eigenvalue weighted by Crippen LogP contribution is 2.39. The number of halogens is 3. The number of hydrogen-bond acceptors (Lipinski definition) is 3. The van der Waals surface area contributed by atoms with Crippen molar-refractivity contribution in [3.63, 3.8) is 0 Å². The number of ether oxygens (including phenoxy) is 1. The van der Waals surface area contributed by atoms with Gasteiger partial charge in [-0.1, -0.05) is 43.8 Å². The number of nitrogens with zero attached hydrogens (tertiary/aromatic N) is 2. The minimum atomic E-state index is -4.98. The first-order valence-corrected chi connectivity index (χ1v) is 12.1. The number of hydrogen-bond donors (Lipinski definition) is 1. The molecule has 0 amide bonds. The van der Waals surface area contributed by atoms with E-state index in [0.29, 0.717) is 17.7 Å². The van der Waals surface area contributed by atoms with Crippen LogP contribution in [-0.2, 0) is 17.1 Å². The molecule has 4 nitrogen and oxygen atoms in total. The first-order chi connectivity index (χ1) is 12.5. The van der Waals surface area contributed by atoms with Crippen molar-refractivity contribution >= 4 is 8.07 Å². The van der Waals surface area contributed by atoms with E-state index in [2.05, 4.69) is 24.7 Å². The van der Waals surface area contributed by atoms with E-state index in [1.807, 2.05) is 0 Å². The van der Waals surface area contributed by atoms with Gasteiger partial charge < -0.3 is 9.84 Å². The molecule has 2 aromatic rings. The standard InChI is InChI=1S/C19H23F3N2O2Si/c1-5-18(25,19(20,21)22)17-8-6-7-15(11-17)16-12-23-24(13-16)14-26-9-10-27(2,3)4/h1,6-8,11-13,25H,9-10,14H2,2-4H3. The van der Waals surface area contributed by atoms with E-state index in [1.54, 1.807) is 16.9 Å². The van der Waals surface area contributed by atoms with E-state index < -0.39 is 25.4 Å². The second-order valence-corrected chi connectivity index (χ2v) is 13.2. The molecule has 0 spiro atoms. The van der Waals surface area contributed by atoms with Crippen molar-refractivity contribution in [2.45, 2.75) is 44.2 Å². The number of aliphatic hydroxyl groups is 1. The van der Waals surface area contributed by atoms with E-state index in [4.69, 9.17) is 11.2 Å². The number of terminal acetylenes is 1. The lowest BCUT2D eigenvalue weighted by Gasteiger charge is -2.25. The molecule has 1 aromatic carbocycles. The van der Waals surface area contributed by atoms with Gasteiger partial charge in [0.2, 0.25) is 5.60 Å². The second-order valence-electron chi connectivity index (χ2n) is 7.55. The summed E-state index contributed by atoms with van der Waals surface area (Å²) < 4.78 is 46.7. The quantitative estimate of drug-likeness (QED) is 0.432. The lowest BCUT2D eigenvalue weighted by Crippen LogP contribution is -2.40. The molecule has 146 valence electrons. The summed E-state index contributed by atoms with van der Waals surface area (Å²) in [6, 6.07) is 6.46. The predicted molar refractivity (Wildman–Crippen MR) is 101 cm³/mol. The van der Waals surface area contributed by atoms with Crippen molar-refractivity contribution in [2.75, 3.05) is 6.61 Å². The van der Waals surface area contributed by atoms with E-state index in [0.717, 1.165) is 12.1 Å². The Hall–Kier alpha value is -2.08. The monoisotopic (exact) mass is 396 g/mol. The Kier molecular flexibility index (Phi) is 6.20. The van der Waals surface area contributed by atoms with Gasteiger partial charge in [-0.2, -0.15) is 18.3 Å². The maximum absolute atomic E-state index is 13.2. The van der Waals surface area contributed by atoms with Crippen molar-refractivity contribution < 1.29 is 23.0 Å². The minimum Gasteiger partial charge on any atom is -0.366 e. The van der Waals surface area contributed by atoms with Gasteiger partial charge in [0.1, 0.15) is 6.73 Å². The highest BCUT2D eigenvalue weighted by molar-refractivity contribution is 6.76. The zero-order valence-corrected chi connectivity index (χ0v) is 16.5. The van der Waals surface area contributed by atoms with Crippen molar-refractivity contribution in [2.24, 2.45) is 0 Å². The predicted octanol–water partition coefficient (Wildman–Crippen LogP) is 4.25. The summed E-state index contributed by atoms with van der Waals surface area (Å²) in [5.41, 5.74) is -2.67. The fraction of sp³-hybridized carbons (Fsp3) is 0.421. The molecule has 0 aliphatic carbocycles. The van der Waals surface area contributed by atoms with Crippen LogP contribution in [0.25, 0.3) is 11.1 Å². The minimum absolute atomic E-state index is 0.265. The number of rotatable bonds is 7. The molecule has 27 heavy (non-hydrogen) atoms. The average Bonchev–Trinajstić information content (AvgIpc) is 3.05. The van der Waals surface area contributed by atoms with Crippen LogP contribution in [-0.4, -0.2) is 35.7 Å². The zero-order valence-electron chi connectivity index (χ0n) is 15.5. The van der Waals surface area contributed by atoms with Gasteiger partial charge in [0, 0.05) is 32.0 Å². The Morgan fingerprint density at radius 3 is 2.56 bits per heavy atom. The van der Waals surface area contributed by atoms with Crippen molar-refractivity contribution in [3.8, 4) is 23.5 Å². The SMILES string of the molecule is C#CC(O)(c1cccc(-c2cnn(COCC[Si](C)(C)C)c2)c1)C(F)(F)F. The molecule has 0 aliphatic heterocycles. The van der Waals surface area contributed by atoms with Crippen LogP contribution < -0.4 is 0 Å². The van der Waals surface area contributed by atoms with Gasteiger partial charge >= 0.3 is 6.18 Å². The summed E-state index contributed by atoms with van der Waals surface area (Å²) in [6.07, 6.45) is 3.20. The van der Waals surface area contributed by atoms with Crippen molar-refractivity contribution in [1.82, 2.24) is 9.78 Å². The Balaban J connectivity index is 2.14. The Labute approximate surface area is 158 Å². The van der Waals surface area contributed by atoms with Crippen molar-refractivity contribution in [1.29, 1.82) is 0 Å². The molecule has 1 unspecified atom stereocenters. The molecular formula is C19H23F3N2O2Si. The fourth-order valence-electron chi connectivity index (χ4n) is 2.37. The Bertz CT molecular complexity index is 821. The van der Waals surface area contributed by atoms with Crippen LogP contribution in [0.1, 0.15) is 5.56 Å². The number of alkyl halides is 3. The topological polar surface area (TPSA) is 47.3 Å². The molecule has 1 atom stereocenters. The van der Waals surface area contributed by atoms with E-state index in [-0.39, 0.29) is 6.73 Å². The summed E-state index contributed by atoms with van der Waals surface area (Å²) >= 11 is 0. The molecule has 2 rings (SSSR count). The maximum atomic E-state index is 13.2. The largest absolute Gasteiger partial charge is 0.433 e. The normalized spacial score (nSPS) is 14.6. The molecule has 1 heterocycles. The van der Waals surface area contributed by atoms with Crippen LogP contribution >= 0.6 is 0 Å². The van der Waals surface area contributed by atoms with Crippen LogP contribution in [0.15, 0.2) is 36.7 Å². The first kappa shape index (κ1) is 21.2. The maximum Gasteiger partial charge on any atom is 0.433 e. The summed E-state index contributed by atoms with van der Waals surface area (Å²) in [4.78, 5) is 0. The third-order valence-corrected chi connectivity index (χ3v) is 5.79.